The van der Waals surface area contributed by atoms with Crippen LogP contribution >= 0.6 is 12.2 Å². The van der Waals surface area contributed by atoms with Crippen LogP contribution in [-0.4, -0.2) is 36.1 Å². The van der Waals surface area contributed by atoms with E-state index in [-0.39, 0.29) is 11.9 Å². The van der Waals surface area contributed by atoms with Gasteiger partial charge in [0.05, 0.1) is 5.52 Å². The fraction of sp³-hybridized carbons (Fsp3) is 0.471. The number of benzene rings is 1. The van der Waals surface area contributed by atoms with Gasteiger partial charge >= 0.3 is 0 Å². The smallest absolute Gasteiger partial charge is 0.128 e. The Bertz CT molecular complexity index is 781. The van der Waals surface area contributed by atoms with E-state index in [1.807, 2.05) is 12.1 Å². The van der Waals surface area contributed by atoms with E-state index in [2.05, 4.69) is 28.0 Å². The lowest BCUT2D eigenvalue weighted by atomic mass is 10.0. The number of nitrogens with one attached hydrogen (secondary N) is 1. The van der Waals surface area contributed by atoms with Gasteiger partial charge in [0.25, 0.3) is 0 Å². The van der Waals surface area contributed by atoms with E-state index >= 15 is 0 Å². The Balaban J connectivity index is 1.90. The van der Waals surface area contributed by atoms with Crippen molar-refractivity contribution in [3.63, 3.8) is 0 Å². The van der Waals surface area contributed by atoms with Crippen LogP contribution in [-0.2, 0) is 0 Å². The number of nitrogens with zero attached hydrogens (tertiary/aromatic N) is 2. The van der Waals surface area contributed by atoms with E-state index in [1.165, 1.54) is 12.8 Å². The number of aromatic nitrogens is 1. The number of pyridine rings is 1. The summed E-state index contributed by atoms with van der Waals surface area (Å²) in [6.45, 7) is 2.68. The van der Waals surface area contributed by atoms with Gasteiger partial charge in [0.15, 0.2) is 0 Å². The SMILES string of the molecule is CN1CCNCC1c1cc2c(cc1F)c(=S)ccn2C1CC1. The Hall–Kier alpha value is -1.30. The molecule has 2 aromatic rings. The van der Waals surface area contributed by atoms with Crippen molar-refractivity contribution in [1.82, 2.24) is 14.8 Å². The van der Waals surface area contributed by atoms with Crippen molar-refractivity contribution in [2.75, 3.05) is 26.7 Å². The molecule has 1 atom stereocenters. The summed E-state index contributed by atoms with van der Waals surface area (Å²) in [5, 5.41) is 4.22. The predicted molar refractivity (Wildman–Crippen MR) is 89.2 cm³/mol. The van der Waals surface area contributed by atoms with Crippen molar-refractivity contribution < 1.29 is 4.39 Å². The van der Waals surface area contributed by atoms with E-state index in [0.29, 0.717) is 6.04 Å². The highest BCUT2D eigenvalue weighted by molar-refractivity contribution is 7.71. The number of hydrogen-bond acceptors (Lipinski definition) is 3. The highest BCUT2D eigenvalue weighted by Gasteiger charge is 2.27. The van der Waals surface area contributed by atoms with Gasteiger partial charge < -0.3 is 9.88 Å². The second-order valence-electron chi connectivity index (χ2n) is 6.41. The first-order valence-corrected chi connectivity index (χ1v) is 8.31. The summed E-state index contributed by atoms with van der Waals surface area (Å²) < 4.78 is 17.7. The van der Waals surface area contributed by atoms with Gasteiger partial charge in [-0.1, -0.05) is 12.2 Å². The second kappa shape index (κ2) is 5.41. The largest absolute Gasteiger partial charge is 0.344 e. The lowest BCUT2D eigenvalue weighted by molar-refractivity contribution is 0.198. The van der Waals surface area contributed by atoms with Crippen molar-refractivity contribution in [2.45, 2.75) is 24.9 Å². The summed E-state index contributed by atoms with van der Waals surface area (Å²) >= 11 is 5.40. The molecule has 0 spiro atoms. The summed E-state index contributed by atoms with van der Waals surface area (Å²) in [6.07, 6.45) is 4.47. The number of piperazine rings is 1. The normalized spacial score (nSPS) is 23.1. The third-order valence-corrected chi connectivity index (χ3v) is 5.21. The highest BCUT2D eigenvalue weighted by atomic mass is 32.1. The third kappa shape index (κ3) is 2.37. The first kappa shape index (κ1) is 14.3. The molecule has 2 aliphatic rings. The maximum absolute atomic E-state index is 14.7. The minimum Gasteiger partial charge on any atom is -0.344 e. The number of halogens is 1. The van der Waals surface area contributed by atoms with E-state index in [1.54, 1.807) is 6.07 Å². The van der Waals surface area contributed by atoms with Crippen LogP contribution < -0.4 is 5.32 Å². The fourth-order valence-corrected chi connectivity index (χ4v) is 3.61. The van der Waals surface area contributed by atoms with Crippen LogP contribution in [0.4, 0.5) is 4.39 Å². The minimum atomic E-state index is -0.146. The third-order valence-electron chi connectivity index (χ3n) is 4.86. The molecule has 1 saturated heterocycles. The van der Waals surface area contributed by atoms with Crippen LogP contribution in [0.5, 0.6) is 0 Å². The minimum absolute atomic E-state index is 0.0829. The van der Waals surface area contributed by atoms with Crippen LogP contribution in [0, 0.1) is 10.3 Å². The van der Waals surface area contributed by atoms with Gasteiger partial charge in [-0.15, -0.1) is 0 Å². The van der Waals surface area contributed by atoms with E-state index in [9.17, 15) is 4.39 Å². The fourth-order valence-electron chi connectivity index (χ4n) is 3.39. The lowest BCUT2D eigenvalue weighted by Crippen LogP contribution is -2.44. The zero-order chi connectivity index (χ0) is 15.3. The van der Waals surface area contributed by atoms with Gasteiger partial charge in [0.2, 0.25) is 0 Å². The molecule has 116 valence electrons. The molecule has 0 bridgehead atoms. The molecule has 1 aromatic heterocycles. The molecule has 1 unspecified atom stereocenters. The van der Waals surface area contributed by atoms with Gasteiger partial charge in [0.1, 0.15) is 5.82 Å². The molecule has 4 rings (SSSR count). The number of fused-ring (bicyclic) bond motifs is 1. The van der Waals surface area contributed by atoms with Gasteiger partial charge in [-0.05, 0) is 38.1 Å². The molecule has 1 N–H and O–H groups in total. The summed E-state index contributed by atoms with van der Waals surface area (Å²) in [4.78, 5) is 2.22. The summed E-state index contributed by atoms with van der Waals surface area (Å²) in [6, 6.07) is 6.21. The molecule has 5 heteroatoms. The summed E-state index contributed by atoms with van der Waals surface area (Å²) in [5.74, 6) is -0.146. The molecule has 1 saturated carbocycles. The Labute approximate surface area is 134 Å². The van der Waals surface area contributed by atoms with E-state index in [4.69, 9.17) is 12.2 Å². The number of rotatable bonds is 2. The lowest BCUT2D eigenvalue weighted by Gasteiger charge is -2.33. The number of hydrogen-bond donors (Lipinski definition) is 1. The molecule has 1 aliphatic carbocycles. The summed E-state index contributed by atoms with van der Waals surface area (Å²) in [7, 11) is 2.06. The molecule has 3 nitrogen and oxygen atoms in total. The van der Waals surface area contributed by atoms with E-state index in [0.717, 1.165) is 40.6 Å². The molecule has 1 aromatic carbocycles. The van der Waals surface area contributed by atoms with Gasteiger partial charge in [-0.3, -0.25) is 4.90 Å². The molecule has 22 heavy (non-hydrogen) atoms. The van der Waals surface area contributed by atoms with Crippen molar-refractivity contribution in [2.24, 2.45) is 0 Å². The standard InChI is InChI=1S/C17H20FN3S/c1-20-7-5-19-10-16(20)12-9-15-13(8-14(12)18)17(22)4-6-21(15)11-2-3-11/h4,6,8-9,11,16,19H,2-3,5,7,10H2,1H3. The van der Waals surface area contributed by atoms with Crippen LogP contribution in [0.1, 0.15) is 30.5 Å². The Morgan fingerprint density at radius 1 is 1.32 bits per heavy atom. The molecule has 2 heterocycles. The second-order valence-corrected chi connectivity index (χ2v) is 6.85. The quantitative estimate of drug-likeness (QED) is 0.857. The maximum Gasteiger partial charge on any atom is 0.128 e. The Kier molecular flexibility index (Phi) is 3.51. The van der Waals surface area contributed by atoms with Crippen LogP contribution in [0.15, 0.2) is 24.4 Å². The molecule has 0 radical (unpaired) electrons. The van der Waals surface area contributed by atoms with Gasteiger partial charge in [-0.2, -0.15) is 0 Å². The molecular weight excluding hydrogens is 297 g/mol. The van der Waals surface area contributed by atoms with Crippen LogP contribution in [0.3, 0.4) is 0 Å². The maximum atomic E-state index is 14.7. The topological polar surface area (TPSA) is 20.2 Å². The molecule has 0 amide bonds. The van der Waals surface area contributed by atoms with Gasteiger partial charge in [-0.25, -0.2) is 4.39 Å². The zero-order valence-electron chi connectivity index (χ0n) is 12.7. The van der Waals surface area contributed by atoms with E-state index < -0.39 is 0 Å². The van der Waals surface area contributed by atoms with Crippen molar-refractivity contribution in [1.29, 1.82) is 0 Å². The highest BCUT2D eigenvalue weighted by Crippen LogP contribution is 2.38. The Morgan fingerprint density at radius 3 is 2.86 bits per heavy atom. The first-order chi connectivity index (χ1) is 10.6. The van der Waals surface area contributed by atoms with Crippen molar-refractivity contribution >= 4 is 23.1 Å². The molecular formula is C17H20FN3S. The van der Waals surface area contributed by atoms with Crippen molar-refractivity contribution in [3.8, 4) is 0 Å². The van der Waals surface area contributed by atoms with Gasteiger partial charge in [0, 0.05) is 53.4 Å². The predicted octanol–water partition coefficient (Wildman–Crippen LogP) is 3.42. The molecule has 2 fully saturated rings. The Morgan fingerprint density at radius 2 is 2.14 bits per heavy atom. The zero-order valence-corrected chi connectivity index (χ0v) is 13.5. The van der Waals surface area contributed by atoms with Crippen LogP contribution in [0.25, 0.3) is 10.9 Å². The number of likely N-dealkylation sites (N-methyl/N-ethyl adjacent to an activating group) is 1. The van der Waals surface area contributed by atoms with Crippen molar-refractivity contribution in [3.05, 3.63) is 40.3 Å². The average Bonchev–Trinajstić information content (AvgIpc) is 3.33. The average molecular weight is 317 g/mol. The molecule has 1 aliphatic heterocycles. The summed E-state index contributed by atoms with van der Waals surface area (Å²) in [5.41, 5.74) is 1.85. The first-order valence-electron chi connectivity index (χ1n) is 7.90. The monoisotopic (exact) mass is 317 g/mol. The van der Waals surface area contributed by atoms with Crippen LogP contribution in [0.2, 0.25) is 0 Å².